The largest absolute Gasteiger partial charge is 0.397 e. The molecule has 0 aliphatic carbocycles. The van der Waals surface area contributed by atoms with Crippen LogP contribution in [0.2, 0.25) is 0 Å². The third-order valence-electron chi connectivity index (χ3n) is 4.19. The van der Waals surface area contributed by atoms with E-state index in [0.29, 0.717) is 6.04 Å². The molecule has 2 N–H and O–H groups in total. The Bertz CT molecular complexity index is 579. The van der Waals surface area contributed by atoms with E-state index >= 15 is 0 Å². The minimum Gasteiger partial charge on any atom is -0.397 e. The Morgan fingerprint density at radius 3 is 3.05 bits per heavy atom. The Kier molecular flexibility index (Phi) is 3.28. The lowest BCUT2D eigenvalue weighted by atomic mass is 9.98. The summed E-state index contributed by atoms with van der Waals surface area (Å²) in [7, 11) is 0. The normalized spacial score (nSPS) is 19.8. The number of piperidine rings is 1. The number of fused-ring (bicyclic) bond motifs is 1. The van der Waals surface area contributed by atoms with Crippen LogP contribution in [0.15, 0.2) is 30.5 Å². The number of benzene rings is 1. The molecule has 1 aliphatic rings. The molecule has 0 radical (unpaired) electrons. The summed E-state index contributed by atoms with van der Waals surface area (Å²) in [6, 6.07) is 8.94. The Balaban J connectivity index is 2.11. The topological polar surface area (TPSA) is 42.1 Å². The third kappa shape index (κ3) is 2.14. The predicted octanol–water partition coefficient (Wildman–Crippen LogP) is 3.59. The van der Waals surface area contributed by atoms with Crippen LogP contribution in [0.1, 0.15) is 32.6 Å². The van der Waals surface area contributed by atoms with Crippen molar-refractivity contribution in [1.29, 1.82) is 0 Å². The number of rotatable bonds is 2. The first kappa shape index (κ1) is 12.3. The summed E-state index contributed by atoms with van der Waals surface area (Å²) in [5, 5.41) is 1.18. The van der Waals surface area contributed by atoms with E-state index in [2.05, 4.69) is 28.9 Å². The minimum absolute atomic E-state index is 0.654. The van der Waals surface area contributed by atoms with E-state index < -0.39 is 0 Å². The molecule has 1 saturated heterocycles. The molecule has 100 valence electrons. The lowest BCUT2D eigenvalue weighted by molar-refractivity contribution is 0.451. The summed E-state index contributed by atoms with van der Waals surface area (Å²) in [6.07, 6.45) is 6.94. The van der Waals surface area contributed by atoms with Crippen LogP contribution in [0.4, 0.5) is 11.4 Å². The van der Waals surface area contributed by atoms with Crippen molar-refractivity contribution >= 4 is 22.3 Å². The number of nitrogens with zero attached hydrogens (tertiary/aromatic N) is 2. The van der Waals surface area contributed by atoms with Gasteiger partial charge in [-0.1, -0.05) is 6.92 Å². The van der Waals surface area contributed by atoms with Crippen LogP contribution < -0.4 is 10.6 Å². The van der Waals surface area contributed by atoms with E-state index in [4.69, 9.17) is 5.73 Å². The Hall–Kier alpha value is -1.77. The molecule has 1 aromatic carbocycles. The van der Waals surface area contributed by atoms with E-state index in [1.54, 1.807) is 0 Å². The van der Waals surface area contributed by atoms with Gasteiger partial charge in [-0.15, -0.1) is 0 Å². The zero-order valence-corrected chi connectivity index (χ0v) is 11.5. The zero-order valence-electron chi connectivity index (χ0n) is 11.5. The van der Waals surface area contributed by atoms with E-state index in [9.17, 15) is 0 Å². The summed E-state index contributed by atoms with van der Waals surface area (Å²) in [4.78, 5) is 6.98. The number of nitrogen functional groups attached to an aromatic ring is 1. The second kappa shape index (κ2) is 5.08. The van der Waals surface area contributed by atoms with Gasteiger partial charge in [-0.3, -0.25) is 4.98 Å². The predicted molar refractivity (Wildman–Crippen MR) is 81.4 cm³/mol. The third-order valence-corrected chi connectivity index (χ3v) is 4.19. The maximum Gasteiger partial charge on any atom is 0.0951 e. The zero-order chi connectivity index (χ0) is 13.2. The number of pyridine rings is 1. The van der Waals surface area contributed by atoms with Gasteiger partial charge in [0.05, 0.1) is 11.2 Å². The van der Waals surface area contributed by atoms with Crippen molar-refractivity contribution in [1.82, 2.24) is 4.98 Å². The Labute approximate surface area is 114 Å². The number of hydrogen-bond donors (Lipinski definition) is 1. The monoisotopic (exact) mass is 255 g/mol. The standard InChI is InChI=1S/C16H21N3/c1-2-12-6-3-4-11-19(12)15-9-8-14(17)16-13(15)7-5-10-18-16/h5,7-10,12H,2-4,6,11,17H2,1H3. The van der Waals surface area contributed by atoms with Crippen LogP contribution in [0.3, 0.4) is 0 Å². The number of anilines is 2. The van der Waals surface area contributed by atoms with Crippen molar-refractivity contribution in [3.8, 4) is 0 Å². The molecule has 1 unspecified atom stereocenters. The van der Waals surface area contributed by atoms with Crippen molar-refractivity contribution in [2.75, 3.05) is 17.2 Å². The molecule has 3 rings (SSSR count). The summed E-state index contributed by atoms with van der Waals surface area (Å²) < 4.78 is 0. The number of hydrogen-bond acceptors (Lipinski definition) is 3. The van der Waals surface area contributed by atoms with Gasteiger partial charge in [0.2, 0.25) is 0 Å². The first-order chi connectivity index (χ1) is 9.31. The highest BCUT2D eigenvalue weighted by atomic mass is 15.2. The highest BCUT2D eigenvalue weighted by Crippen LogP contribution is 2.34. The van der Waals surface area contributed by atoms with Crippen molar-refractivity contribution in [3.05, 3.63) is 30.5 Å². The molecular weight excluding hydrogens is 234 g/mol. The molecule has 0 spiro atoms. The molecule has 2 aromatic rings. The van der Waals surface area contributed by atoms with Crippen LogP contribution in [-0.2, 0) is 0 Å². The van der Waals surface area contributed by atoms with E-state index in [1.165, 1.54) is 36.8 Å². The van der Waals surface area contributed by atoms with Crippen LogP contribution in [0.5, 0.6) is 0 Å². The first-order valence-electron chi connectivity index (χ1n) is 7.21. The average molecular weight is 255 g/mol. The van der Waals surface area contributed by atoms with Crippen molar-refractivity contribution in [3.63, 3.8) is 0 Å². The second-order valence-corrected chi connectivity index (χ2v) is 5.32. The fourth-order valence-corrected chi connectivity index (χ4v) is 3.17. The van der Waals surface area contributed by atoms with Gasteiger partial charge in [-0.05, 0) is 49.9 Å². The van der Waals surface area contributed by atoms with Gasteiger partial charge in [-0.25, -0.2) is 0 Å². The van der Waals surface area contributed by atoms with Gasteiger partial charge in [-0.2, -0.15) is 0 Å². The van der Waals surface area contributed by atoms with Gasteiger partial charge in [0, 0.05) is 29.9 Å². The van der Waals surface area contributed by atoms with E-state index in [0.717, 1.165) is 17.7 Å². The molecule has 1 atom stereocenters. The van der Waals surface area contributed by atoms with Gasteiger partial charge in [0.15, 0.2) is 0 Å². The van der Waals surface area contributed by atoms with E-state index in [1.807, 2.05) is 18.3 Å². The van der Waals surface area contributed by atoms with Crippen LogP contribution in [-0.4, -0.2) is 17.6 Å². The molecule has 19 heavy (non-hydrogen) atoms. The first-order valence-corrected chi connectivity index (χ1v) is 7.21. The molecular formula is C16H21N3. The molecule has 0 saturated carbocycles. The van der Waals surface area contributed by atoms with Crippen LogP contribution in [0.25, 0.3) is 10.9 Å². The quantitative estimate of drug-likeness (QED) is 0.834. The maximum atomic E-state index is 6.04. The molecule has 1 aliphatic heterocycles. The number of nitrogens with two attached hydrogens (primary N) is 1. The molecule has 1 fully saturated rings. The van der Waals surface area contributed by atoms with Gasteiger partial charge in [0.1, 0.15) is 0 Å². The van der Waals surface area contributed by atoms with Crippen LogP contribution >= 0.6 is 0 Å². The average Bonchev–Trinajstić information content (AvgIpc) is 2.48. The smallest absolute Gasteiger partial charge is 0.0951 e. The number of aromatic nitrogens is 1. The van der Waals surface area contributed by atoms with Gasteiger partial charge in [0.25, 0.3) is 0 Å². The summed E-state index contributed by atoms with van der Waals surface area (Å²) in [5.74, 6) is 0. The fourth-order valence-electron chi connectivity index (χ4n) is 3.17. The SMILES string of the molecule is CCC1CCCCN1c1ccc(N)c2ncccc12. The lowest BCUT2D eigenvalue weighted by Crippen LogP contribution is -2.39. The molecule has 3 heteroatoms. The van der Waals surface area contributed by atoms with Gasteiger partial charge < -0.3 is 10.6 Å². The highest BCUT2D eigenvalue weighted by molar-refractivity contribution is 5.98. The Morgan fingerprint density at radius 2 is 2.21 bits per heavy atom. The molecule has 2 heterocycles. The van der Waals surface area contributed by atoms with Crippen molar-refractivity contribution in [2.24, 2.45) is 0 Å². The summed E-state index contributed by atoms with van der Waals surface area (Å²) >= 11 is 0. The summed E-state index contributed by atoms with van der Waals surface area (Å²) in [5.41, 5.74) is 9.03. The molecule has 0 amide bonds. The van der Waals surface area contributed by atoms with Crippen molar-refractivity contribution in [2.45, 2.75) is 38.6 Å². The Morgan fingerprint density at radius 1 is 1.32 bits per heavy atom. The summed E-state index contributed by atoms with van der Waals surface area (Å²) in [6.45, 7) is 3.42. The highest BCUT2D eigenvalue weighted by Gasteiger charge is 2.22. The molecule has 3 nitrogen and oxygen atoms in total. The van der Waals surface area contributed by atoms with Gasteiger partial charge >= 0.3 is 0 Å². The second-order valence-electron chi connectivity index (χ2n) is 5.32. The molecule has 0 bridgehead atoms. The lowest BCUT2D eigenvalue weighted by Gasteiger charge is -2.37. The maximum absolute atomic E-state index is 6.04. The fraction of sp³-hybridized carbons (Fsp3) is 0.438. The minimum atomic E-state index is 0.654. The van der Waals surface area contributed by atoms with Crippen LogP contribution in [0, 0.1) is 0 Å². The van der Waals surface area contributed by atoms with E-state index in [-0.39, 0.29) is 0 Å². The molecule has 1 aromatic heterocycles. The van der Waals surface area contributed by atoms with Crippen molar-refractivity contribution < 1.29 is 0 Å².